The number of amides is 2. The van der Waals surface area contributed by atoms with Gasteiger partial charge in [0.15, 0.2) is 0 Å². The molecular weight excluding hydrogens is 1070 g/mol. The van der Waals surface area contributed by atoms with Crippen LogP contribution in [0.1, 0.15) is 314 Å². The highest BCUT2D eigenvalue weighted by molar-refractivity contribution is 7.16. The van der Waals surface area contributed by atoms with E-state index in [4.69, 9.17) is 0 Å². The molecule has 460 valence electrons. The molecule has 0 N–H and O–H groups in total. The second-order valence-corrected chi connectivity index (χ2v) is 29.1. The Morgan fingerprint density at radius 1 is 0.349 bits per heavy atom. The molecule has 7 heteroatoms. The van der Waals surface area contributed by atoms with Gasteiger partial charge in [0.2, 0.25) is 0 Å². The second kappa shape index (κ2) is 40.8. The van der Waals surface area contributed by atoms with E-state index in [2.05, 4.69) is 124 Å². The van der Waals surface area contributed by atoms with Gasteiger partial charge in [-0.25, -0.2) is 0 Å². The lowest BCUT2D eigenvalue weighted by Crippen LogP contribution is -2.34. The number of carbonyl (C=O) groups is 2. The molecule has 0 radical (unpaired) electrons. The van der Waals surface area contributed by atoms with Gasteiger partial charge < -0.3 is 9.80 Å². The molecule has 2 amide bonds. The van der Waals surface area contributed by atoms with Crippen LogP contribution in [-0.4, -0.2) is 34.7 Å². The summed E-state index contributed by atoms with van der Waals surface area (Å²) in [5, 5.41) is 0. The van der Waals surface area contributed by atoms with Crippen LogP contribution in [0, 0.1) is 25.7 Å². The molecular formula is C76H116N2O2S3. The van der Waals surface area contributed by atoms with Crippen LogP contribution in [-0.2, 0) is 9.59 Å². The summed E-state index contributed by atoms with van der Waals surface area (Å²) < 4.78 is 0. The minimum absolute atomic E-state index is 0.0530. The third-order valence-corrected chi connectivity index (χ3v) is 21.3. The Morgan fingerprint density at radius 3 is 1.02 bits per heavy atom. The van der Waals surface area contributed by atoms with Crippen LogP contribution in [0.4, 0.5) is 0 Å². The zero-order chi connectivity index (χ0) is 58.7. The fourth-order valence-corrected chi connectivity index (χ4v) is 15.8. The van der Waals surface area contributed by atoms with Crippen LogP contribution < -0.4 is 0 Å². The van der Waals surface area contributed by atoms with E-state index in [9.17, 15) is 0 Å². The molecule has 0 spiro atoms. The van der Waals surface area contributed by atoms with Crippen molar-refractivity contribution in [2.75, 3.05) is 13.1 Å². The van der Waals surface area contributed by atoms with Gasteiger partial charge in [0.1, 0.15) is 0 Å². The van der Waals surface area contributed by atoms with E-state index in [1.807, 2.05) is 11.3 Å². The number of thiophene rings is 3. The van der Waals surface area contributed by atoms with Crippen LogP contribution >= 0.6 is 34.0 Å². The summed E-state index contributed by atoms with van der Waals surface area (Å²) in [6.45, 7) is 14.9. The molecule has 1 aromatic carbocycles. The zero-order valence-electron chi connectivity index (χ0n) is 53.7. The summed E-state index contributed by atoms with van der Waals surface area (Å²) in [5.74, 6) is 0.892. The van der Waals surface area contributed by atoms with Crippen LogP contribution in [0.5, 0.6) is 0 Å². The summed E-state index contributed by atoms with van der Waals surface area (Å²) in [6, 6.07) is 22.2. The van der Waals surface area contributed by atoms with Crippen LogP contribution in [0.3, 0.4) is 0 Å². The number of unbranched alkanes of at least 4 members (excludes halogenated alkanes) is 32. The molecule has 3 aromatic heterocycles. The summed E-state index contributed by atoms with van der Waals surface area (Å²) in [6.07, 6.45) is 56.5. The first-order valence-electron chi connectivity index (χ1n) is 34.9. The molecule has 0 fully saturated rings. The number of hydrogen-bond acceptors (Lipinski definition) is 5. The minimum atomic E-state index is 0.0530. The van der Waals surface area contributed by atoms with E-state index >= 15 is 9.59 Å². The van der Waals surface area contributed by atoms with Crippen molar-refractivity contribution in [2.45, 2.75) is 298 Å². The van der Waals surface area contributed by atoms with E-state index in [1.165, 1.54) is 262 Å². The van der Waals surface area contributed by atoms with Crippen molar-refractivity contribution in [3.8, 4) is 10.4 Å². The maximum absolute atomic E-state index is 16.0. The Balaban J connectivity index is 1.30. The highest BCUT2D eigenvalue weighted by Crippen LogP contribution is 2.50. The lowest BCUT2D eigenvalue weighted by atomic mass is 9.93. The van der Waals surface area contributed by atoms with Crippen LogP contribution in [0.25, 0.3) is 34.0 Å². The number of benzene rings is 1. The number of carbonyl (C=O) groups excluding carboxylic acids is 2. The van der Waals surface area contributed by atoms with Gasteiger partial charge in [-0.3, -0.25) is 9.59 Å². The highest BCUT2D eigenvalue weighted by Gasteiger charge is 2.50. The maximum Gasteiger partial charge on any atom is 0.261 e. The Morgan fingerprint density at radius 2 is 0.675 bits per heavy atom. The van der Waals surface area contributed by atoms with Gasteiger partial charge in [-0.05, 0) is 105 Å². The predicted molar refractivity (Wildman–Crippen MR) is 368 cm³/mol. The molecule has 6 rings (SSSR count). The molecule has 5 heterocycles. The zero-order valence-corrected chi connectivity index (χ0v) is 56.2. The Kier molecular flexibility index (Phi) is 33.7. The number of nitrogens with zero attached hydrogens (tertiary/aromatic N) is 2. The Hall–Kier alpha value is -3.52. The van der Waals surface area contributed by atoms with Crippen molar-refractivity contribution >= 4 is 69.4 Å². The maximum atomic E-state index is 16.0. The van der Waals surface area contributed by atoms with Crippen molar-refractivity contribution in [1.29, 1.82) is 0 Å². The average molecular weight is 1190 g/mol. The summed E-state index contributed by atoms with van der Waals surface area (Å²) in [4.78, 5) is 43.3. The normalized spacial score (nSPS) is 14.5. The minimum Gasteiger partial charge on any atom is -0.306 e. The van der Waals surface area contributed by atoms with E-state index in [0.717, 1.165) is 46.8 Å². The molecule has 0 bridgehead atoms. The Labute approximate surface area is 520 Å². The lowest BCUT2D eigenvalue weighted by Gasteiger charge is -2.29. The van der Waals surface area contributed by atoms with Crippen molar-refractivity contribution in [1.82, 2.24) is 9.80 Å². The first-order valence-corrected chi connectivity index (χ1v) is 37.4. The molecule has 0 saturated carbocycles. The molecule has 0 saturated heterocycles. The number of hydrogen-bond donors (Lipinski definition) is 0. The summed E-state index contributed by atoms with van der Waals surface area (Å²) in [5.41, 5.74) is 5.46. The molecule has 83 heavy (non-hydrogen) atoms. The molecule has 2 aliphatic rings. The van der Waals surface area contributed by atoms with E-state index in [-0.39, 0.29) is 11.8 Å². The van der Waals surface area contributed by atoms with Gasteiger partial charge in [-0.2, -0.15) is 0 Å². The van der Waals surface area contributed by atoms with Gasteiger partial charge in [0, 0.05) is 32.6 Å². The van der Waals surface area contributed by atoms with Gasteiger partial charge in [-0.1, -0.05) is 289 Å². The third kappa shape index (κ3) is 23.9. The largest absolute Gasteiger partial charge is 0.306 e. The number of fused-ring (bicyclic) bond motifs is 1. The topological polar surface area (TPSA) is 40.6 Å². The molecule has 2 atom stereocenters. The van der Waals surface area contributed by atoms with Gasteiger partial charge in [0.25, 0.3) is 11.8 Å². The molecule has 4 nitrogen and oxygen atoms in total. The van der Waals surface area contributed by atoms with Crippen molar-refractivity contribution in [3.05, 3.63) is 102 Å². The standard InChI is InChI=1S/C76H116N2O2S3/c1-7-11-15-19-23-27-29-33-37-41-44-64(43-39-35-31-25-21-17-13-9-3)59-77-73(69-56-48-62(6)82-69)71-72(76(77)80)74(70-58-57-68(83-70)66-52-49-63(50-53-66)51-55-67-54-47-61(5)81-67)78(75(71)79)60-65(45-40-36-32-26-22-18-14-10-4)46-42-38-34-30-28-24-20-16-12-8-2/h47-58,64-65H,7-46,59-60H2,1-6H3/b55-51+. The summed E-state index contributed by atoms with van der Waals surface area (Å²) >= 11 is 5.33. The summed E-state index contributed by atoms with van der Waals surface area (Å²) in [7, 11) is 0. The van der Waals surface area contributed by atoms with Crippen molar-refractivity contribution in [3.63, 3.8) is 0 Å². The molecule has 0 aliphatic carbocycles. The van der Waals surface area contributed by atoms with E-state index in [0.29, 0.717) is 36.1 Å². The van der Waals surface area contributed by atoms with Gasteiger partial charge >= 0.3 is 0 Å². The fraction of sp³-hybridized carbons (Fsp3) is 0.658. The van der Waals surface area contributed by atoms with Crippen LogP contribution in [0.2, 0.25) is 0 Å². The second-order valence-electron chi connectivity index (χ2n) is 25.5. The lowest BCUT2D eigenvalue weighted by molar-refractivity contribution is -0.124. The van der Waals surface area contributed by atoms with E-state index < -0.39 is 0 Å². The molecule has 4 aromatic rings. The van der Waals surface area contributed by atoms with Crippen molar-refractivity contribution in [2.24, 2.45) is 11.8 Å². The van der Waals surface area contributed by atoms with Crippen molar-refractivity contribution < 1.29 is 9.59 Å². The smallest absolute Gasteiger partial charge is 0.261 e. The Bertz CT molecular complexity index is 2500. The molecule has 2 aliphatic heterocycles. The fourth-order valence-electron chi connectivity index (χ4n) is 13.1. The predicted octanol–water partition coefficient (Wildman–Crippen LogP) is 25.0. The monoisotopic (exact) mass is 1180 g/mol. The van der Waals surface area contributed by atoms with Gasteiger partial charge in [0.05, 0.1) is 32.3 Å². The van der Waals surface area contributed by atoms with E-state index in [1.54, 1.807) is 22.7 Å². The average Bonchev–Trinajstić information content (AvgIpc) is 1.93. The molecule has 2 unspecified atom stereocenters. The third-order valence-electron chi connectivity index (χ3n) is 18.1. The SMILES string of the molecule is CCCCCCCCCCCCC(CCCCCCCCCC)CN1C(=O)C2=C(c3ccc(-c4ccc(/C=C/c5ccc(C)s5)cc4)s3)N(CC(CCCCCCCCCC)CCCCCCCCCCCC)C(=O)C2=C1c1ccc(C)s1. The number of rotatable bonds is 49. The highest BCUT2D eigenvalue weighted by atomic mass is 32.1. The first-order chi connectivity index (χ1) is 40.8. The number of aryl methyl sites for hydroxylation is 2. The quantitative estimate of drug-likeness (QED) is 0.0414. The van der Waals surface area contributed by atoms with Crippen LogP contribution in [0.15, 0.2) is 71.8 Å². The first kappa shape index (κ1) is 68.6. The van der Waals surface area contributed by atoms with Gasteiger partial charge in [-0.15, -0.1) is 34.0 Å².